The second-order valence-corrected chi connectivity index (χ2v) is 5.13. The van der Waals surface area contributed by atoms with Gasteiger partial charge in [-0.15, -0.1) is 0 Å². The minimum atomic E-state index is -0.0313. The van der Waals surface area contributed by atoms with Crippen LogP contribution in [0.1, 0.15) is 40.0 Å². The number of aliphatic hydroxyl groups excluding tert-OH is 1. The zero-order valence-corrected chi connectivity index (χ0v) is 9.22. The Hall–Kier alpha value is 0.310. The number of fused-ring (bicyclic) bond motifs is 2. The molecule has 2 bridgehead atoms. The van der Waals surface area contributed by atoms with Crippen molar-refractivity contribution in [3.8, 4) is 0 Å². The summed E-state index contributed by atoms with van der Waals surface area (Å²) in [5, 5.41) is 9.81. The standard InChI is InChI=1S/C10H18O.H2S/c1-9(2)7-4-5-10(9,3)8(11)6-7;/h7-8,11H,4-6H2,1-3H3;1H2/t7-,8+,10+;/m1./s1. The van der Waals surface area contributed by atoms with Crippen LogP contribution in [0.5, 0.6) is 0 Å². The van der Waals surface area contributed by atoms with Crippen LogP contribution in [0, 0.1) is 16.7 Å². The van der Waals surface area contributed by atoms with E-state index < -0.39 is 0 Å². The maximum Gasteiger partial charge on any atom is 0.0601 e. The molecule has 0 radical (unpaired) electrons. The number of aliphatic hydroxyl groups is 1. The van der Waals surface area contributed by atoms with Gasteiger partial charge in [-0.25, -0.2) is 0 Å². The quantitative estimate of drug-likeness (QED) is 0.618. The van der Waals surface area contributed by atoms with Crippen LogP contribution in [0.15, 0.2) is 0 Å². The molecule has 0 aliphatic heterocycles. The van der Waals surface area contributed by atoms with Crippen molar-refractivity contribution in [2.24, 2.45) is 16.7 Å². The van der Waals surface area contributed by atoms with Crippen molar-refractivity contribution in [2.75, 3.05) is 0 Å². The lowest BCUT2D eigenvalue weighted by molar-refractivity contribution is 0.0126. The molecule has 2 saturated carbocycles. The predicted octanol–water partition coefficient (Wildman–Crippen LogP) is 2.31. The van der Waals surface area contributed by atoms with Crippen molar-refractivity contribution in [2.45, 2.75) is 46.1 Å². The Morgan fingerprint density at radius 1 is 1.25 bits per heavy atom. The number of hydrogen-bond donors (Lipinski definition) is 1. The number of hydrogen-bond acceptors (Lipinski definition) is 1. The van der Waals surface area contributed by atoms with E-state index in [4.69, 9.17) is 0 Å². The molecule has 2 aliphatic carbocycles. The molecule has 2 heteroatoms. The smallest absolute Gasteiger partial charge is 0.0601 e. The summed E-state index contributed by atoms with van der Waals surface area (Å²) in [7, 11) is 0. The molecule has 0 saturated heterocycles. The minimum absolute atomic E-state index is 0. The molecule has 2 aliphatic rings. The van der Waals surface area contributed by atoms with Gasteiger partial charge in [0, 0.05) is 0 Å². The van der Waals surface area contributed by atoms with Gasteiger partial charge in [-0.1, -0.05) is 20.8 Å². The van der Waals surface area contributed by atoms with E-state index in [-0.39, 0.29) is 25.0 Å². The first-order valence-electron chi connectivity index (χ1n) is 4.66. The first-order chi connectivity index (χ1) is 4.98. The summed E-state index contributed by atoms with van der Waals surface area (Å²) < 4.78 is 0. The van der Waals surface area contributed by atoms with Gasteiger partial charge in [0.2, 0.25) is 0 Å². The third kappa shape index (κ3) is 0.912. The third-order valence-electron chi connectivity index (χ3n) is 4.75. The average Bonchev–Trinajstić information content (AvgIpc) is 2.20. The summed E-state index contributed by atoms with van der Waals surface area (Å²) in [6, 6.07) is 0. The van der Waals surface area contributed by atoms with Crippen LogP contribution in [0.25, 0.3) is 0 Å². The lowest BCUT2D eigenvalue weighted by Gasteiger charge is -2.36. The van der Waals surface area contributed by atoms with Crippen molar-refractivity contribution in [1.82, 2.24) is 0 Å². The monoisotopic (exact) mass is 188 g/mol. The maximum atomic E-state index is 9.81. The molecule has 0 aromatic heterocycles. The molecule has 0 amide bonds. The van der Waals surface area contributed by atoms with Gasteiger partial charge >= 0.3 is 0 Å². The van der Waals surface area contributed by atoms with E-state index in [1.165, 1.54) is 12.8 Å². The van der Waals surface area contributed by atoms with Gasteiger partial charge in [0.15, 0.2) is 0 Å². The predicted molar refractivity (Wildman–Crippen MR) is 55.6 cm³/mol. The fraction of sp³-hybridized carbons (Fsp3) is 1.00. The van der Waals surface area contributed by atoms with Gasteiger partial charge < -0.3 is 5.11 Å². The van der Waals surface area contributed by atoms with Crippen LogP contribution < -0.4 is 0 Å². The second-order valence-electron chi connectivity index (χ2n) is 5.13. The van der Waals surface area contributed by atoms with Crippen molar-refractivity contribution < 1.29 is 5.11 Å². The lowest BCUT2D eigenvalue weighted by atomic mass is 9.70. The molecule has 0 aromatic carbocycles. The summed E-state index contributed by atoms with van der Waals surface area (Å²) in [6.45, 7) is 6.90. The van der Waals surface area contributed by atoms with Gasteiger partial charge in [-0.3, -0.25) is 0 Å². The van der Waals surface area contributed by atoms with E-state index in [9.17, 15) is 5.11 Å². The Labute approximate surface area is 82.0 Å². The minimum Gasteiger partial charge on any atom is -0.393 e. The fourth-order valence-corrected chi connectivity index (χ4v) is 3.16. The van der Waals surface area contributed by atoms with Gasteiger partial charge in [-0.2, -0.15) is 13.5 Å². The largest absolute Gasteiger partial charge is 0.393 e. The van der Waals surface area contributed by atoms with E-state index in [1.807, 2.05) is 0 Å². The van der Waals surface area contributed by atoms with E-state index in [1.54, 1.807) is 0 Å². The van der Waals surface area contributed by atoms with Crippen molar-refractivity contribution in [3.63, 3.8) is 0 Å². The van der Waals surface area contributed by atoms with Crippen molar-refractivity contribution in [3.05, 3.63) is 0 Å². The lowest BCUT2D eigenvalue weighted by Crippen LogP contribution is -2.35. The van der Waals surface area contributed by atoms with E-state index in [0.717, 1.165) is 12.3 Å². The van der Waals surface area contributed by atoms with E-state index in [0.29, 0.717) is 5.41 Å². The molecule has 2 rings (SSSR count). The zero-order chi connectivity index (χ0) is 8.28. The molecule has 12 heavy (non-hydrogen) atoms. The van der Waals surface area contributed by atoms with Crippen LogP contribution in [-0.4, -0.2) is 11.2 Å². The molecule has 1 nitrogen and oxygen atoms in total. The molecule has 2 fully saturated rings. The maximum absolute atomic E-state index is 9.81. The fourth-order valence-electron chi connectivity index (χ4n) is 3.16. The van der Waals surface area contributed by atoms with Crippen LogP contribution in [0.3, 0.4) is 0 Å². The van der Waals surface area contributed by atoms with Gasteiger partial charge in [0.1, 0.15) is 0 Å². The highest BCUT2D eigenvalue weighted by atomic mass is 32.1. The number of rotatable bonds is 0. The van der Waals surface area contributed by atoms with Crippen LogP contribution in [-0.2, 0) is 0 Å². The third-order valence-corrected chi connectivity index (χ3v) is 4.75. The molecule has 1 N–H and O–H groups in total. The topological polar surface area (TPSA) is 20.2 Å². The zero-order valence-electron chi connectivity index (χ0n) is 8.22. The van der Waals surface area contributed by atoms with Gasteiger partial charge in [0.25, 0.3) is 0 Å². The molecule has 0 heterocycles. The van der Waals surface area contributed by atoms with Gasteiger partial charge in [0.05, 0.1) is 6.10 Å². The first-order valence-corrected chi connectivity index (χ1v) is 4.66. The molecule has 0 unspecified atom stereocenters. The molecule has 0 aromatic rings. The summed E-state index contributed by atoms with van der Waals surface area (Å²) in [5.41, 5.74) is 0.601. The summed E-state index contributed by atoms with van der Waals surface area (Å²) in [5.74, 6) is 0.780. The summed E-state index contributed by atoms with van der Waals surface area (Å²) >= 11 is 0. The van der Waals surface area contributed by atoms with Crippen molar-refractivity contribution >= 4 is 13.5 Å². The van der Waals surface area contributed by atoms with E-state index >= 15 is 0 Å². The highest BCUT2D eigenvalue weighted by Crippen LogP contribution is 2.65. The molecular formula is C10H20OS. The Morgan fingerprint density at radius 3 is 2.00 bits per heavy atom. The van der Waals surface area contributed by atoms with Crippen LogP contribution >= 0.6 is 13.5 Å². The Kier molecular flexibility index (Phi) is 2.29. The Balaban J connectivity index is 0.000000720. The SMILES string of the molecule is CC1(C)[C@@H]2CC[C@@]1(C)[C@@H](O)C2.S. The molecule has 0 spiro atoms. The van der Waals surface area contributed by atoms with Crippen molar-refractivity contribution in [1.29, 1.82) is 0 Å². The molecular weight excluding hydrogens is 168 g/mol. The summed E-state index contributed by atoms with van der Waals surface area (Å²) in [6.07, 6.45) is 3.58. The Bertz CT molecular complexity index is 190. The highest BCUT2D eigenvalue weighted by molar-refractivity contribution is 7.59. The first kappa shape index (κ1) is 10.4. The van der Waals surface area contributed by atoms with E-state index in [2.05, 4.69) is 20.8 Å². The van der Waals surface area contributed by atoms with Crippen LogP contribution in [0.2, 0.25) is 0 Å². The molecule has 3 atom stereocenters. The average molecular weight is 188 g/mol. The molecule has 72 valence electrons. The normalized spacial score (nSPS) is 49.0. The second kappa shape index (κ2) is 2.65. The van der Waals surface area contributed by atoms with Gasteiger partial charge in [-0.05, 0) is 36.0 Å². The Morgan fingerprint density at radius 2 is 1.83 bits per heavy atom. The van der Waals surface area contributed by atoms with Crippen LogP contribution in [0.4, 0.5) is 0 Å². The summed E-state index contributed by atoms with van der Waals surface area (Å²) in [4.78, 5) is 0. The highest BCUT2D eigenvalue weighted by Gasteiger charge is 2.60.